The summed E-state index contributed by atoms with van der Waals surface area (Å²) in [6.45, 7) is 3.92. The van der Waals surface area contributed by atoms with Crippen molar-refractivity contribution in [3.8, 4) is 0 Å². The van der Waals surface area contributed by atoms with Gasteiger partial charge in [-0.15, -0.1) is 0 Å². The molecule has 0 heterocycles. The molecule has 0 aromatic heterocycles. The second kappa shape index (κ2) is 7.05. The second-order valence-electron chi connectivity index (χ2n) is 4.07. The van der Waals surface area contributed by atoms with E-state index in [2.05, 4.69) is 21.2 Å². The van der Waals surface area contributed by atoms with Crippen molar-refractivity contribution in [3.05, 3.63) is 22.7 Å². The fourth-order valence-electron chi connectivity index (χ4n) is 1.65. The molecule has 0 fully saturated rings. The van der Waals surface area contributed by atoms with Crippen molar-refractivity contribution >= 4 is 37.5 Å². The monoisotopic (exact) mass is 363 g/mol. The van der Waals surface area contributed by atoms with Crippen LogP contribution >= 0.6 is 15.9 Å². The second-order valence-corrected chi connectivity index (χ2v) is 6.84. The van der Waals surface area contributed by atoms with Gasteiger partial charge in [0, 0.05) is 23.2 Å². The van der Waals surface area contributed by atoms with Crippen molar-refractivity contribution in [2.45, 2.75) is 18.7 Å². The third-order valence-corrected chi connectivity index (χ3v) is 5.52. The molecule has 0 spiro atoms. The first-order valence-corrected chi connectivity index (χ1v) is 8.38. The maximum absolute atomic E-state index is 12.5. The van der Waals surface area contributed by atoms with E-state index in [1.807, 2.05) is 0 Å². The Hall–Kier alpha value is -1.12. The zero-order valence-electron chi connectivity index (χ0n) is 11.4. The van der Waals surface area contributed by atoms with Crippen molar-refractivity contribution in [2.24, 2.45) is 0 Å². The zero-order chi connectivity index (χ0) is 15.3. The number of likely N-dealkylation sites (N-methyl/N-ethyl adjacent to an activating group) is 2. The van der Waals surface area contributed by atoms with Gasteiger partial charge in [0.1, 0.15) is 0 Å². The van der Waals surface area contributed by atoms with E-state index in [9.17, 15) is 13.2 Å². The fraction of sp³-hybridized carbons (Fsp3) is 0.417. The van der Waals surface area contributed by atoms with E-state index < -0.39 is 10.0 Å². The van der Waals surface area contributed by atoms with Crippen molar-refractivity contribution in [2.75, 3.05) is 25.4 Å². The third kappa shape index (κ3) is 3.94. The average Bonchev–Trinajstić information content (AvgIpc) is 2.35. The molecule has 3 N–H and O–H groups in total. The summed E-state index contributed by atoms with van der Waals surface area (Å²) in [5, 5.41) is 2.58. The van der Waals surface area contributed by atoms with E-state index in [1.54, 1.807) is 13.8 Å². The maximum atomic E-state index is 12.5. The lowest BCUT2D eigenvalue weighted by atomic mass is 10.3. The van der Waals surface area contributed by atoms with Gasteiger partial charge in [-0.2, -0.15) is 4.31 Å². The summed E-state index contributed by atoms with van der Waals surface area (Å²) in [6.07, 6.45) is 0. The van der Waals surface area contributed by atoms with Crippen LogP contribution < -0.4 is 11.1 Å². The van der Waals surface area contributed by atoms with E-state index in [0.717, 1.165) is 4.31 Å². The molecule has 0 aliphatic rings. The number of hydrogen-bond donors (Lipinski definition) is 2. The summed E-state index contributed by atoms with van der Waals surface area (Å²) in [5.74, 6) is -0.329. The quantitative estimate of drug-likeness (QED) is 0.742. The highest BCUT2D eigenvalue weighted by molar-refractivity contribution is 9.10. The topological polar surface area (TPSA) is 92.5 Å². The molecule has 0 aliphatic heterocycles. The zero-order valence-corrected chi connectivity index (χ0v) is 13.8. The normalized spacial score (nSPS) is 11.6. The van der Waals surface area contributed by atoms with Crippen molar-refractivity contribution in [1.29, 1.82) is 0 Å². The van der Waals surface area contributed by atoms with Gasteiger partial charge in [-0.05, 0) is 41.1 Å². The number of rotatable bonds is 6. The number of sulfonamides is 1. The lowest BCUT2D eigenvalue weighted by molar-refractivity contribution is -0.121. The first-order valence-electron chi connectivity index (χ1n) is 6.14. The molecular weight excluding hydrogens is 346 g/mol. The Morgan fingerprint density at radius 3 is 2.55 bits per heavy atom. The number of carbonyl (C=O) groups is 1. The predicted molar refractivity (Wildman–Crippen MR) is 81.7 cm³/mol. The molecule has 0 bridgehead atoms. The molecule has 1 amide bonds. The Kier molecular flexibility index (Phi) is 5.97. The number of amides is 1. The molecule has 8 heteroatoms. The highest BCUT2D eigenvalue weighted by atomic mass is 79.9. The van der Waals surface area contributed by atoms with E-state index in [1.165, 1.54) is 18.2 Å². The number of nitrogens with two attached hydrogens (primary N) is 1. The number of benzene rings is 1. The minimum atomic E-state index is -3.74. The lowest BCUT2D eigenvalue weighted by Crippen LogP contribution is -2.40. The highest BCUT2D eigenvalue weighted by Crippen LogP contribution is 2.26. The first kappa shape index (κ1) is 16.9. The number of halogens is 1. The smallest absolute Gasteiger partial charge is 0.244 e. The van der Waals surface area contributed by atoms with E-state index in [-0.39, 0.29) is 23.9 Å². The molecule has 0 radical (unpaired) electrons. The Labute approximate surface area is 127 Å². The van der Waals surface area contributed by atoms with Crippen LogP contribution in [0.5, 0.6) is 0 Å². The van der Waals surface area contributed by atoms with Crippen molar-refractivity contribution < 1.29 is 13.2 Å². The van der Waals surface area contributed by atoms with Crippen LogP contribution in [0, 0.1) is 0 Å². The van der Waals surface area contributed by atoms with E-state index in [0.29, 0.717) is 16.7 Å². The number of nitrogens with one attached hydrogen (secondary N) is 1. The van der Waals surface area contributed by atoms with Gasteiger partial charge in [0.25, 0.3) is 0 Å². The van der Waals surface area contributed by atoms with Gasteiger partial charge in [-0.1, -0.05) is 6.92 Å². The molecule has 0 aliphatic carbocycles. The van der Waals surface area contributed by atoms with Crippen LogP contribution in [0.2, 0.25) is 0 Å². The van der Waals surface area contributed by atoms with Gasteiger partial charge in [0.2, 0.25) is 15.9 Å². The average molecular weight is 364 g/mol. The van der Waals surface area contributed by atoms with Crippen LogP contribution in [0.4, 0.5) is 5.69 Å². The molecule has 0 unspecified atom stereocenters. The number of anilines is 1. The molecule has 1 aromatic rings. The summed E-state index contributed by atoms with van der Waals surface area (Å²) in [7, 11) is -3.74. The molecule has 20 heavy (non-hydrogen) atoms. The molecule has 112 valence electrons. The SMILES string of the molecule is CCNC(=O)CN(CC)S(=O)(=O)c1ccc(N)cc1Br. The number of carbonyl (C=O) groups excluding carboxylic acids is 1. The summed E-state index contributed by atoms with van der Waals surface area (Å²) < 4.78 is 26.5. The summed E-state index contributed by atoms with van der Waals surface area (Å²) in [5.41, 5.74) is 6.06. The minimum absolute atomic E-state index is 0.0952. The van der Waals surface area contributed by atoms with E-state index in [4.69, 9.17) is 5.73 Å². The molecule has 0 saturated heterocycles. The molecular formula is C12H18BrN3O3S. The summed E-state index contributed by atoms with van der Waals surface area (Å²) in [4.78, 5) is 11.7. The Balaban J connectivity index is 3.09. The highest BCUT2D eigenvalue weighted by Gasteiger charge is 2.27. The maximum Gasteiger partial charge on any atom is 0.244 e. The Morgan fingerprint density at radius 2 is 2.05 bits per heavy atom. The fourth-order valence-corrected chi connectivity index (χ4v) is 4.11. The van der Waals surface area contributed by atoms with Crippen molar-refractivity contribution in [3.63, 3.8) is 0 Å². The van der Waals surface area contributed by atoms with Crippen molar-refractivity contribution in [1.82, 2.24) is 9.62 Å². The van der Waals surface area contributed by atoms with Gasteiger partial charge >= 0.3 is 0 Å². The minimum Gasteiger partial charge on any atom is -0.399 e. The number of nitrogen functional groups attached to an aromatic ring is 1. The summed E-state index contributed by atoms with van der Waals surface area (Å²) in [6, 6.07) is 4.46. The van der Waals surface area contributed by atoms with Crippen LogP contribution in [0.15, 0.2) is 27.6 Å². The van der Waals surface area contributed by atoms with Crippen LogP contribution in [-0.4, -0.2) is 38.3 Å². The van der Waals surface area contributed by atoms with Gasteiger partial charge in [0.05, 0.1) is 11.4 Å². The van der Waals surface area contributed by atoms with Gasteiger partial charge in [-0.3, -0.25) is 4.79 Å². The van der Waals surface area contributed by atoms with Gasteiger partial charge < -0.3 is 11.1 Å². The molecule has 0 atom stereocenters. The van der Waals surface area contributed by atoms with Crippen LogP contribution in [0.25, 0.3) is 0 Å². The molecule has 6 nitrogen and oxygen atoms in total. The van der Waals surface area contributed by atoms with Crippen LogP contribution in [0.1, 0.15) is 13.8 Å². The number of hydrogen-bond acceptors (Lipinski definition) is 4. The Morgan fingerprint density at radius 1 is 1.40 bits per heavy atom. The lowest BCUT2D eigenvalue weighted by Gasteiger charge is -2.20. The third-order valence-electron chi connectivity index (χ3n) is 2.62. The van der Waals surface area contributed by atoms with Gasteiger partial charge in [-0.25, -0.2) is 8.42 Å². The standard InChI is InChI=1S/C12H18BrN3O3S/c1-3-15-12(17)8-16(4-2)20(18,19)11-6-5-9(14)7-10(11)13/h5-7H,3-4,8,14H2,1-2H3,(H,15,17). The van der Waals surface area contributed by atoms with Crippen LogP contribution in [-0.2, 0) is 14.8 Å². The largest absolute Gasteiger partial charge is 0.399 e. The van der Waals surface area contributed by atoms with E-state index >= 15 is 0 Å². The molecule has 1 rings (SSSR count). The predicted octanol–water partition coefficient (Wildman–Crippen LogP) is 1.18. The Bertz CT molecular complexity index is 590. The summed E-state index contributed by atoms with van der Waals surface area (Å²) >= 11 is 3.19. The number of nitrogens with zero attached hydrogens (tertiary/aromatic N) is 1. The molecule has 1 aromatic carbocycles. The first-order chi connectivity index (χ1) is 9.32. The van der Waals surface area contributed by atoms with Crippen LogP contribution in [0.3, 0.4) is 0 Å². The van der Waals surface area contributed by atoms with Gasteiger partial charge in [0.15, 0.2) is 0 Å². The molecule has 0 saturated carbocycles.